The topological polar surface area (TPSA) is 68.3 Å². The highest BCUT2D eigenvalue weighted by atomic mass is 127. The van der Waals surface area contributed by atoms with E-state index in [4.69, 9.17) is 0 Å². The largest absolute Gasteiger partial charge is 0.368 e. The lowest BCUT2D eigenvalue weighted by atomic mass is 10.2. The molecule has 0 saturated carbocycles. The zero-order valence-electron chi connectivity index (χ0n) is 16.0. The molecule has 1 aliphatic heterocycles. The Hall–Kier alpha value is -2.14. The summed E-state index contributed by atoms with van der Waals surface area (Å²) >= 11 is 2.39. The van der Waals surface area contributed by atoms with Crippen LogP contribution < -0.4 is 16.1 Å². The predicted octanol–water partition coefficient (Wildman–Crippen LogP) is 0.860. The van der Waals surface area contributed by atoms with Gasteiger partial charge in [0.2, 0.25) is 0 Å². The Morgan fingerprint density at radius 1 is 1.00 bits per heavy atom. The molecule has 8 nitrogen and oxygen atoms in total. The summed E-state index contributed by atoms with van der Waals surface area (Å²) in [6.45, 7) is 5.45. The molecule has 0 aliphatic carbocycles. The number of anilines is 1. The number of piperazine rings is 1. The summed E-state index contributed by atoms with van der Waals surface area (Å²) in [4.78, 5) is 33.7. The molecule has 3 heterocycles. The van der Waals surface area contributed by atoms with Gasteiger partial charge in [0.1, 0.15) is 0 Å². The van der Waals surface area contributed by atoms with Gasteiger partial charge < -0.3 is 9.47 Å². The van der Waals surface area contributed by atoms with Gasteiger partial charge in [-0.25, -0.2) is 9.78 Å². The van der Waals surface area contributed by atoms with E-state index in [2.05, 4.69) is 61.6 Å². The lowest BCUT2D eigenvalue weighted by Gasteiger charge is -2.36. The van der Waals surface area contributed by atoms with Crippen LogP contribution in [-0.2, 0) is 20.6 Å². The molecule has 0 bridgehead atoms. The third-order valence-electron chi connectivity index (χ3n) is 5.44. The van der Waals surface area contributed by atoms with Crippen molar-refractivity contribution in [3.63, 3.8) is 0 Å². The third-order valence-corrected chi connectivity index (χ3v) is 6.35. The molecular weight excluding hydrogens is 471 g/mol. The highest BCUT2D eigenvalue weighted by molar-refractivity contribution is 14.1. The summed E-state index contributed by atoms with van der Waals surface area (Å²) in [5.41, 5.74) is 1.58. The maximum atomic E-state index is 12.5. The Balaban J connectivity index is 1.45. The van der Waals surface area contributed by atoms with Gasteiger partial charge in [-0.15, -0.1) is 0 Å². The average Bonchev–Trinajstić information content (AvgIpc) is 3.14. The minimum Gasteiger partial charge on any atom is -0.368 e. The molecule has 1 fully saturated rings. The molecule has 0 atom stereocenters. The van der Waals surface area contributed by atoms with Crippen molar-refractivity contribution in [1.82, 2.24) is 23.6 Å². The quantitative estimate of drug-likeness (QED) is 0.504. The molecule has 0 spiro atoms. The van der Waals surface area contributed by atoms with Crippen molar-refractivity contribution in [1.29, 1.82) is 0 Å². The van der Waals surface area contributed by atoms with E-state index in [1.165, 1.54) is 20.9 Å². The van der Waals surface area contributed by atoms with Gasteiger partial charge in [0, 0.05) is 56.9 Å². The Morgan fingerprint density at radius 3 is 2.43 bits per heavy atom. The first kappa shape index (κ1) is 19.2. The van der Waals surface area contributed by atoms with Crippen LogP contribution in [0, 0.1) is 3.57 Å². The first-order chi connectivity index (χ1) is 13.5. The smallest absolute Gasteiger partial charge is 0.332 e. The van der Waals surface area contributed by atoms with Gasteiger partial charge in [-0.05, 0) is 34.7 Å². The average molecular weight is 494 g/mol. The van der Waals surface area contributed by atoms with Gasteiger partial charge in [-0.2, -0.15) is 0 Å². The number of aryl methyl sites for hydroxylation is 1. The van der Waals surface area contributed by atoms with Crippen molar-refractivity contribution in [2.45, 2.75) is 6.54 Å². The van der Waals surface area contributed by atoms with Crippen molar-refractivity contribution in [3.05, 3.63) is 55.0 Å². The molecule has 0 N–H and O–H groups in total. The van der Waals surface area contributed by atoms with Crippen LogP contribution in [0.4, 0.5) is 5.69 Å². The fraction of sp³-hybridized carbons (Fsp3) is 0.421. The number of fused-ring (bicyclic) bond motifs is 1. The Kier molecular flexibility index (Phi) is 5.28. The number of nitrogens with zero attached hydrogens (tertiary/aromatic N) is 6. The Morgan fingerprint density at radius 2 is 1.71 bits per heavy atom. The Labute approximate surface area is 176 Å². The maximum absolute atomic E-state index is 12.5. The second-order valence-corrected chi connectivity index (χ2v) is 8.26. The van der Waals surface area contributed by atoms with Gasteiger partial charge in [0.15, 0.2) is 11.2 Å². The van der Waals surface area contributed by atoms with Crippen LogP contribution in [0.3, 0.4) is 0 Å². The van der Waals surface area contributed by atoms with Crippen LogP contribution in [0.2, 0.25) is 0 Å². The first-order valence-electron chi connectivity index (χ1n) is 9.30. The van der Waals surface area contributed by atoms with Crippen LogP contribution in [-0.4, -0.2) is 56.3 Å². The monoisotopic (exact) mass is 494 g/mol. The summed E-state index contributed by atoms with van der Waals surface area (Å²) in [7, 11) is 3.15. The highest BCUT2D eigenvalue weighted by Gasteiger charge is 2.19. The number of hydrogen-bond acceptors (Lipinski definition) is 5. The Bertz CT molecular complexity index is 1120. The number of imidazole rings is 1. The number of rotatable bonds is 4. The standard InChI is InChI=1S/C19H23IN6O2/c1-22-17-16(18(27)23(2)19(22)28)26(13-21-17)12-9-24-7-10-25(11-8-24)15-6-4-3-5-14(15)20/h3-6,13H,7-12H2,1-2H3. The van der Waals surface area contributed by atoms with E-state index in [1.54, 1.807) is 13.4 Å². The molecule has 3 aromatic rings. The van der Waals surface area contributed by atoms with E-state index in [0.717, 1.165) is 37.3 Å². The lowest BCUT2D eigenvalue weighted by molar-refractivity contribution is 0.249. The summed E-state index contributed by atoms with van der Waals surface area (Å²) in [5.74, 6) is 0. The summed E-state index contributed by atoms with van der Waals surface area (Å²) in [5, 5.41) is 0. The number of halogens is 1. The van der Waals surface area contributed by atoms with Gasteiger partial charge >= 0.3 is 5.69 Å². The zero-order valence-corrected chi connectivity index (χ0v) is 18.2. The van der Waals surface area contributed by atoms with Crippen molar-refractivity contribution < 1.29 is 0 Å². The van der Waals surface area contributed by atoms with E-state index < -0.39 is 0 Å². The second kappa shape index (κ2) is 7.70. The van der Waals surface area contributed by atoms with Crippen molar-refractivity contribution >= 4 is 39.4 Å². The van der Waals surface area contributed by atoms with E-state index in [9.17, 15) is 9.59 Å². The molecule has 1 saturated heterocycles. The first-order valence-corrected chi connectivity index (χ1v) is 10.4. The van der Waals surface area contributed by atoms with Crippen LogP contribution in [0.5, 0.6) is 0 Å². The number of para-hydroxylation sites is 1. The fourth-order valence-corrected chi connectivity index (χ4v) is 4.46. The predicted molar refractivity (Wildman–Crippen MR) is 118 cm³/mol. The van der Waals surface area contributed by atoms with Crippen LogP contribution in [0.1, 0.15) is 0 Å². The number of hydrogen-bond donors (Lipinski definition) is 0. The normalized spacial score (nSPS) is 15.5. The number of benzene rings is 1. The van der Waals surface area contributed by atoms with Crippen LogP contribution in [0.15, 0.2) is 40.2 Å². The maximum Gasteiger partial charge on any atom is 0.332 e. The summed E-state index contributed by atoms with van der Waals surface area (Å²) < 4.78 is 5.71. The lowest BCUT2D eigenvalue weighted by Crippen LogP contribution is -2.47. The molecular formula is C19H23IN6O2. The SMILES string of the molecule is Cn1c(=O)c2c(ncn2CCN2CCN(c3ccccc3I)CC2)n(C)c1=O. The molecule has 2 aromatic heterocycles. The molecule has 1 aromatic carbocycles. The van der Waals surface area contributed by atoms with Gasteiger partial charge in [-0.3, -0.25) is 18.8 Å². The van der Waals surface area contributed by atoms with E-state index in [-0.39, 0.29) is 11.2 Å². The number of aromatic nitrogens is 4. The molecule has 0 unspecified atom stereocenters. The summed E-state index contributed by atoms with van der Waals surface area (Å²) in [6, 6.07) is 8.47. The fourth-order valence-electron chi connectivity index (χ4n) is 3.74. The minimum absolute atomic E-state index is 0.293. The van der Waals surface area contributed by atoms with Crippen LogP contribution in [0.25, 0.3) is 11.2 Å². The molecule has 9 heteroatoms. The molecule has 0 amide bonds. The highest BCUT2D eigenvalue weighted by Crippen LogP contribution is 2.23. The zero-order chi connectivity index (χ0) is 19.8. The molecule has 148 valence electrons. The third kappa shape index (κ3) is 3.37. The van der Waals surface area contributed by atoms with Crippen LogP contribution >= 0.6 is 22.6 Å². The van der Waals surface area contributed by atoms with Gasteiger partial charge in [0.05, 0.1) is 12.0 Å². The van der Waals surface area contributed by atoms with E-state index in [0.29, 0.717) is 17.7 Å². The molecule has 0 radical (unpaired) electrons. The van der Waals surface area contributed by atoms with E-state index in [1.807, 2.05) is 4.57 Å². The van der Waals surface area contributed by atoms with E-state index >= 15 is 0 Å². The minimum atomic E-state index is -0.352. The second-order valence-electron chi connectivity index (χ2n) is 7.10. The van der Waals surface area contributed by atoms with Crippen molar-refractivity contribution in [2.75, 3.05) is 37.6 Å². The molecule has 28 heavy (non-hydrogen) atoms. The summed E-state index contributed by atoms with van der Waals surface area (Å²) in [6.07, 6.45) is 1.66. The van der Waals surface area contributed by atoms with Crippen molar-refractivity contribution in [2.24, 2.45) is 14.1 Å². The molecule has 4 rings (SSSR count). The van der Waals surface area contributed by atoms with Gasteiger partial charge in [0.25, 0.3) is 5.56 Å². The van der Waals surface area contributed by atoms with Gasteiger partial charge in [-0.1, -0.05) is 12.1 Å². The molecule has 1 aliphatic rings. The van der Waals surface area contributed by atoms with Crippen molar-refractivity contribution in [3.8, 4) is 0 Å².